The number of para-hydroxylation sites is 1. The predicted octanol–water partition coefficient (Wildman–Crippen LogP) is 5.83. The lowest BCUT2D eigenvalue weighted by Gasteiger charge is -2.21. The van der Waals surface area contributed by atoms with Crippen molar-refractivity contribution in [3.63, 3.8) is 0 Å². The first-order chi connectivity index (χ1) is 9.88. The molecule has 2 nitrogen and oxygen atoms in total. The van der Waals surface area contributed by atoms with E-state index >= 15 is 0 Å². The molecular weight excluding hydrogens is 326 g/mol. The van der Waals surface area contributed by atoms with Crippen LogP contribution in [0.25, 0.3) is 0 Å². The number of carbonyl (C=O) groups is 1. The highest BCUT2D eigenvalue weighted by molar-refractivity contribution is 9.10. The number of rotatable bonds is 7. The van der Waals surface area contributed by atoms with Crippen LogP contribution in [0.2, 0.25) is 0 Å². The summed E-state index contributed by atoms with van der Waals surface area (Å²) in [6.07, 6.45) is 3.05. The highest BCUT2D eigenvalue weighted by Crippen LogP contribution is 2.32. The maximum atomic E-state index is 12.4. The molecule has 0 aliphatic rings. The van der Waals surface area contributed by atoms with Crippen molar-refractivity contribution in [3.05, 3.63) is 29.3 Å². The van der Waals surface area contributed by atoms with Crippen LogP contribution in [0, 0.1) is 0 Å². The first-order valence-corrected chi connectivity index (χ1v) is 8.87. The average molecular weight is 354 g/mol. The Morgan fingerprint density at radius 2 is 1.67 bits per heavy atom. The van der Waals surface area contributed by atoms with Gasteiger partial charge in [-0.2, -0.15) is 0 Å². The largest absolute Gasteiger partial charge is 0.325 e. The van der Waals surface area contributed by atoms with E-state index in [0.717, 1.165) is 24.9 Å². The van der Waals surface area contributed by atoms with Crippen molar-refractivity contribution in [1.29, 1.82) is 0 Å². The maximum absolute atomic E-state index is 12.4. The Morgan fingerprint density at radius 3 is 2.10 bits per heavy atom. The summed E-state index contributed by atoms with van der Waals surface area (Å²) in [7, 11) is 0. The summed E-state index contributed by atoms with van der Waals surface area (Å²) >= 11 is 3.51. The van der Waals surface area contributed by atoms with Gasteiger partial charge in [-0.25, -0.2) is 0 Å². The van der Waals surface area contributed by atoms with Crippen LogP contribution >= 0.6 is 15.9 Å². The molecule has 0 radical (unpaired) electrons. The van der Waals surface area contributed by atoms with E-state index in [0.29, 0.717) is 11.8 Å². The molecule has 0 bridgehead atoms. The van der Waals surface area contributed by atoms with Crippen molar-refractivity contribution < 1.29 is 4.79 Å². The van der Waals surface area contributed by atoms with Gasteiger partial charge in [-0.15, -0.1) is 0 Å². The van der Waals surface area contributed by atoms with Gasteiger partial charge in [0.1, 0.15) is 0 Å². The lowest BCUT2D eigenvalue weighted by atomic mass is 9.92. The molecule has 1 N–H and O–H groups in total. The van der Waals surface area contributed by atoms with Crippen LogP contribution < -0.4 is 5.32 Å². The predicted molar refractivity (Wildman–Crippen MR) is 95.5 cm³/mol. The molecule has 1 unspecified atom stereocenters. The summed E-state index contributed by atoms with van der Waals surface area (Å²) in [6, 6.07) is 6.31. The summed E-state index contributed by atoms with van der Waals surface area (Å²) in [6.45, 7) is 10.8. The van der Waals surface area contributed by atoms with Gasteiger partial charge in [-0.1, -0.05) is 81.6 Å². The van der Waals surface area contributed by atoms with E-state index < -0.39 is 0 Å². The third-order valence-electron chi connectivity index (χ3n) is 3.72. The monoisotopic (exact) mass is 353 g/mol. The third-order valence-corrected chi connectivity index (χ3v) is 4.59. The minimum Gasteiger partial charge on any atom is -0.325 e. The molecule has 0 spiro atoms. The van der Waals surface area contributed by atoms with Gasteiger partial charge in [0.15, 0.2) is 0 Å². The highest BCUT2D eigenvalue weighted by Gasteiger charge is 2.19. The van der Waals surface area contributed by atoms with Crippen LogP contribution in [0.5, 0.6) is 0 Å². The van der Waals surface area contributed by atoms with Crippen LogP contribution in [0.3, 0.4) is 0 Å². The third kappa shape index (κ3) is 5.14. The van der Waals surface area contributed by atoms with Crippen molar-refractivity contribution >= 4 is 27.5 Å². The fraction of sp³-hybridized carbons (Fsp3) is 0.611. The summed E-state index contributed by atoms with van der Waals surface area (Å²) in [5.74, 6) is 0.852. The van der Waals surface area contributed by atoms with Crippen LogP contribution in [0.4, 0.5) is 5.69 Å². The van der Waals surface area contributed by atoms with Crippen LogP contribution in [0.1, 0.15) is 76.8 Å². The zero-order valence-corrected chi connectivity index (χ0v) is 15.5. The number of amides is 1. The van der Waals surface area contributed by atoms with Gasteiger partial charge in [0.05, 0.1) is 4.83 Å². The summed E-state index contributed by atoms with van der Waals surface area (Å²) in [4.78, 5) is 12.3. The van der Waals surface area contributed by atoms with E-state index in [1.54, 1.807) is 0 Å². The molecule has 21 heavy (non-hydrogen) atoms. The molecule has 1 aromatic carbocycles. The Bertz CT molecular complexity index is 442. The van der Waals surface area contributed by atoms with Gasteiger partial charge < -0.3 is 5.32 Å². The number of benzene rings is 1. The zero-order valence-electron chi connectivity index (χ0n) is 13.9. The number of alkyl halides is 1. The Balaban J connectivity index is 3.02. The van der Waals surface area contributed by atoms with Crippen LogP contribution in [0.15, 0.2) is 18.2 Å². The molecule has 1 rings (SSSR count). The standard InChI is InChI=1S/C18H28BrNO/c1-6-7-11-16(19)18(21)20-17-14(12(2)3)9-8-10-15(17)13(4)5/h8-10,12-13,16H,6-7,11H2,1-5H3,(H,20,21). The second kappa shape index (κ2) is 8.57. The van der Waals surface area contributed by atoms with Crippen LogP contribution in [-0.2, 0) is 4.79 Å². The molecule has 0 aromatic heterocycles. The number of nitrogens with one attached hydrogen (secondary N) is 1. The molecular formula is C18H28BrNO. The molecule has 0 fully saturated rings. The number of unbranched alkanes of at least 4 members (excludes halogenated alkanes) is 1. The number of hydrogen-bond donors (Lipinski definition) is 1. The molecule has 0 aliphatic carbocycles. The van der Waals surface area contributed by atoms with Crippen molar-refractivity contribution in [1.82, 2.24) is 0 Å². The molecule has 3 heteroatoms. The number of carbonyl (C=O) groups excluding carboxylic acids is 1. The molecule has 118 valence electrons. The maximum Gasteiger partial charge on any atom is 0.238 e. The Labute approximate surface area is 137 Å². The van der Waals surface area contributed by atoms with Crippen molar-refractivity contribution in [3.8, 4) is 0 Å². The van der Waals surface area contributed by atoms with E-state index in [-0.39, 0.29) is 10.7 Å². The van der Waals surface area contributed by atoms with Crippen molar-refractivity contribution in [2.45, 2.75) is 70.5 Å². The average Bonchev–Trinajstić information content (AvgIpc) is 2.44. The fourth-order valence-corrected chi connectivity index (χ4v) is 2.85. The second-order valence-electron chi connectivity index (χ2n) is 6.22. The van der Waals surface area contributed by atoms with Gasteiger partial charge in [-0.05, 0) is 29.4 Å². The summed E-state index contributed by atoms with van der Waals surface area (Å²) < 4.78 is 0. The first-order valence-electron chi connectivity index (χ1n) is 7.96. The molecule has 0 saturated heterocycles. The molecule has 1 atom stereocenters. The van der Waals surface area contributed by atoms with Gasteiger partial charge in [0.25, 0.3) is 0 Å². The highest BCUT2D eigenvalue weighted by atomic mass is 79.9. The molecule has 1 aromatic rings. The van der Waals surface area contributed by atoms with Gasteiger partial charge in [0, 0.05) is 5.69 Å². The lowest BCUT2D eigenvalue weighted by Crippen LogP contribution is -2.24. The normalized spacial score (nSPS) is 12.8. The number of halogens is 1. The van der Waals surface area contributed by atoms with Crippen LogP contribution in [-0.4, -0.2) is 10.7 Å². The molecule has 0 aliphatic heterocycles. The smallest absolute Gasteiger partial charge is 0.238 e. The van der Waals surface area contributed by atoms with E-state index in [9.17, 15) is 4.79 Å². The first kappa shape index (κ1) is 18.2. The van der Waals surface area contributed by atoms with E-state index in [2.05, 4.69) is 74.1 Å². The molecule has 0 saturated carbocycles. The second-order valence-corrected chi connectivity index (χ2v) is 7.33. The summed E-state index contributed by atoms with van der Waals surface area (Å²) in [5.41, 5.74) is 3.43. The molecule has 1 amide bonds. The minimum atomic E-state index is -0.113. The Morgan fingerprint density at radius 1 is 1.14 bits per heavy atom. The Kier molecular flexibility index (Phi) is 7.44. The quantitative estimate of drug-likeness (QED) is 0.614. The lowest BCUT2D eigenvalue weighted by molar-refractivity contribution is -0.115. The SMILES string of the molecule is CCCCC(Br)C(=O)Nc1c(C(C)C)cccc1C(C)C. The van der Waals surface area contributed by atoms with E-state index in [1.165, 1.54) is 11.1 Å². The minimum absolute atomic E-state index is 0.0680. The number of hydrogen-bond acceptors (Lipinski definition) is 1. The topological polar surface area (TPSA) is 29.1 Å². The van der Waals surface area contributed by atoms with E-state index in [1.807, 2.05) is 0 Å². The fourth-order valence-electron chi connectivity index (χ4n) is 2.41. The van der Waals surface area contributed by atoms with E-state index in [4.69, 9.17) is 0 Å². The zero-order chi connectivity index (χ0) is 16.0. The Hall–Kier alpha value is -0.830. The van der Waals surface area contributed by atoms with Gasteiger partial charge in [0.2, 0.25) is 5.91 Å². The van der Waals surface area contributed by atoms with Gasteiger partial charge >= 0.3 is 0 Å². The molecule has 0 heterocycles. The van der Waals surface area contributed by atoms with Gasteiger partial charge in [-0.3, -0.25) is 4.79 Å². The number of anilines is 1. The summed E-state index contributed by atoms with van der Waals surface area (Å²) in [5, 5.41) is 3.16. The van der Waals surface area contributed by atoms with Crippen molar-refractivity contribution in [2.24, 2.45) is 0 Å². The van der Waals surface area contributed by atoms with Crippen molar-refractivity contribution in [2.75, 3.05) is 5.32 Å².